The Hall–Kier alpha value is -1.78. The van der Waals surface area contributed by atoms with Crippen LogP contribution in [0.25, 0.3) is 0 Å². The van der Waals surface area contributed by atoms with E-state index in [0.29, 0.717) is 5.56 Å². The first-order valence-electron chi connectivity index (χ1n) is 6.33. The molecule has 0 fully saturated rings. The number of nitrogens with zero attached hydrogens (tertiary/aromatic N) is 2. The summed E-state index contributed by atoms with van der Waals surface area (Å²) in [5.74, 6) is 0.121. The highest BCUT2D eigenvalue weighted by molar-refractivity contribution is 7.87. The van der Waals surface area contributed by atoms with Crippen LogP contribution in [-0.4, -0.2) is 37.5 Å². The highest BCUT2D eigenvalue weighted by atomic mass is 32.2. The first-order chi connectivity index (χ1) is 9.73. The van der Waals surface area contributed by atoms with E-state index in [1.807, 2.05) is 0 Å². The Morgan fingerprint density at radius 3 is 2.62 bits per heavy atom. The maximum Gasteiger partial charge on any atom is 0.314 e. The lowest BCUT2D eigenvalue weighted by Crippen LogP contribution is -2.42. The standard InChI is InChI=1S/C11H19N5O4S/c1-8(2)15-21(19,20)14-7-6-13-11-10(16(17)18)9(3)4-5-12-11/h4-5,8,14-15H,6-7H2,1-3H3,(H,12,13). The van der Waals surface area contributed by atoms with Gasteiger partial charge in [0.2, 0.25) is 5.82 Å². The predicted octanol–water partition coefficient (Wildman–Crippen LogP) is 0.543. The molecule has 1 heterocycles. The highest BCUT2D eigenvalue weighted by Gasteiger charge is 2.18. The molecule has 0 aliphatic heterocycles. The maximum absolute atomic E-state index is 11.5. The van der Waals surface area contributed by atoms with Gasteiger partial charge in [-0.25, -0.2) is 9.71 Å². The van der Waals surface area contributed by atoms with E-state index in [0.717, 1.165) is 0 Å². The maximum atomic E-state index is 11.5. The number of aryl methyl sites for hydroxylation is 1. The minimum absolute atomic E-state index is 0.0782. The summed E-state index contributed by atoms with van der Waals surface area (Å²) < 4.78 is 27.7. The van der Waals surface area contributed by atoms with Gasteiger partial charge in [-0.3, -0.25) is 10.1 Å². The van der Waals surface area contributed by atoms with Crippen LogP contribution in [0, 0.1) is 17.0 Å². The van der Waals surface area contributed by atoms with Crippen LogP contribution in [0.4, 0.5) is 11.5 Å². The van der Waals surface area contributed by atoms with Gasteiger partial charge in [-0.2, -0.15) is 13.1 Å². The first-order valence-corrected chi connectivity index (χ1v) is 7.82. The summed E-state index contributed by atoms with van der Waals surface area (Å²) in [6.45, 7) is 5.28. The Kier molecular flexibility index (Phi) is 6.00. The summed E-state index contributed by atoms with van der Waals surface area (Å²) in [4.78, 5) is 14.3. The van der Waals surface area contributed by atoms with Gasteiger partial charge in [0, 0.05) is 30.9 Å². The molecule has 0 aromatic carbocycles. The van der Waals surface area contributed by atoms with Crippen molar-refractivity contribution in [2.24, 2.45) is 0 Å². The molecule has 1 aromatic rings. The van der Waals surface area contributed by atoms with Crippen LogP contribution >= 0.6 is 0 Å². The fourth-order valence-electron chi connectivity index (χ4n) is 1.63. The SMILES string of the molecule is Cc1ccnc(NCCNS(=O)(=O)NC(C)C)c1[N+](=O)[O-]. The van der Waals surface area contributed by atoms with Crippen LogP contribution in [0.15, 0.2) is 12.3 Å². The van der Waals surface area contributed by atoms with Crippen molar-refractivity contribution < 1.29 is 13.3 Å². The third kappa shape index (κ3) is 5.61. The summed E-state index contributed by atoms with van der Waals surface area (Å²) in [6.07, 6.45) is 1.45. The minimum atomic E-state index is -3.56. The molecule has 1 aromatic heterocycles. The number of aromatic nitrogens is 1. The Morgan fingerprint density at radius 1 is 1.38 bits per heavy atom. The lowest BCUT2D eigenvalue weighted by atomic mass is 10.2. The predicted molar refractivity (Wildman–Crippen MR) is 79.3 cm³/mol. The van der Waals surface area contributed by atoms with Gasteiger partial charge < -0.3 is 5.32 Å². The third-order valence-corrected chi connectivity index (χ3v) is 3.77. The smallest absolute Gasteiger partial charge is 0.314 e. The van der Waals surface area contributed by atoms with Gasteiger partial charge in [-0.05, 0) is 26.8 Å². The van der Waals surface area contributed by atoms with Crippen LogP contribution in [-0.2, 0) is 10.2 Å². The van der Waals surface area contributed by atoms with Crippen molar-refractivity contribution in [2.75, 3.05) is 18.4 Å². The topological polar surface area (TPSA) is 126 Å². The summed E-state index contributed by atoms with van der Waals surface area (Å²) >= 11 is 0. The molecule has 0 saturated heterocycles. The normalized spacial score (nSPS) is 11.6. The molecule has 0 atom stereocenters. The molecule has 0 unspecified atom stereocenters. The quantitative estimate of drug-likeness (QED) is 0.365. The van der Waals surface area contributed by atoms with Crippen molar-refractivity contribution in [1.82, 2.24) is 14.4 Å². The number of hydrogen-bond acceptors (Lipinski definition) is 6. The zero-order chi connectivity index (χ0) is 16.0. The number of hydrogen-bond donors (Lipinski definition) is 3. The van der Waals surface area contributed by atoms with Gasteiger partial charge in [-0.1, -0.05) is 0 Å². The number of rotatable bonds is 8. The van der Waals surface area contributed by atoms with Crippen LogP contribution < -0.4 is 14.8 Å². The third-order valence-electron chi connectivity index (χ3n) is 2.41. The number of pyridine rings is 1. The molecule has 3 N–H and O–H groups in total. The molecule has 1 rings (SSSR count). The number of anilines is 1. The van der Waals surface area contributed by atoms with Gasteiger partial charge in [0.1, 0.15) is 0 Å². The largest absolute Gasteiger partial charge is 0.363 e. The second-order valence-corrected chi connectivity index (χ2v) is 6.21. The van der Waals surface area contributed by atoms with Crippen LogP contribution in [0.1, 0.15) is 19.4 Å². The zero-order valence-electron chi connectivity index (χ0n) is 12.1. The van der Waals surface area contributed by atoms with E-state index in [9.17, 15) is 18.5 Å². The Labute approximate surface area is 123 Å². The Morgan fingerprint density at radius 2 is 2.05 bits per heavy atom. The zero-order valence-corrected chi connectivity index (χ0v) is 12.9. The highest BCUT2D eigenvalue weighted by Crippen LogP contribution is 2.24. The molecular weight excluding hydrogens is 298 g/mol. The number of nitrogens with one attached hydrogen (secondary N) is 3. The fourth-order valence-corrected chi connectivity index (χ4v) is 2.70. The molecule has 0 amide bonds. The van der Waals surface area contributed by atoms with Crippen molar-refractivity contribution >= 4 is 21.7 Å². The number of nitro groups is 1. The molecule has 21 heavy (non-hydrogen) atoms. The van der Waals surface area contributed by atoms with Crippen LogP contribution in [0.2, 0.25) is 0 Å². The van der Waals surface area contributed by atoms with Gasteiger partial charge in [0.15, 0.2) is 0 Å². The van der Waals surface area contributed by atoms with E-state index in [-0.39, 0.29) is 30.6 Å². The molecule has 10 heteroatoms. The molecule has 9 nitrogen and oxygen atoms in total. The van der Waals surface area contributed by atoms with E-state index in [1.165, 1.54) is 6.20 Å². The van der Waals surface area contributed by atoms with Gasteiger partial charge >= 0.3 is 5.69 Å². The average molecular weight is 317 g/mol. The van der Waals surface area contributed by atoms with Crippen molar-refractivity contribution in [3.63, 3.8) is 0 Å². The first kappa shape index (κ1) is 17.3. The molecule has 0 radical (unpaired) electrons. The summed E-state index contributed by atoms with van der Waals surface area (Å²) in [6, 6.07) is 1.33. The van der Waals surface area contributed by atoms with Crippen LogP contribution in [0.3, 0.4) is 0 Å². The van der Waals surface area contributed by atoms with E-state index < -0.39 is 15.1 Å². The van der Waals surface area contributed by atoms with E-state index in [2.05, 4.69) is 19.7 Å². The van der Waals surface area contributed by atoms with Crippen molar-refractivity contribution in [2.45, 2.75) is 26.8 Å². The Bertz CT molecular complexity index is 603. The van der Waals surface area contributed by atoms with Crippen molar-refractivity contribution in [3.05, 3.63) is 27.9 Å². The van der Waals surface area contributed by atoms with E-state index in [4.69, 9.17) is 0 Å². The van der Waals surface area contributed by atoms with E-state index >= 15 is 0 Å². The lowest BCUT2D eigenvalue weighted by molar-refractivity contribution is -0.384. The second kappa shape index (κ2) is 7.29. The van der Waals surface area contributed by atoms with Crippen LogP contribution in [0.5, 0.6) is 0 Å². The molecule has 0 bridgehead atoms. The van der Waals surface area contributed by atoms with Crippen molar-refractivity contribution in [1.29, 1.82) is 0 Å². The monoisotopic (exact) mass is 317 g/mol. The molecule has 0 spiro atoms. The summed E-state index contributed by atoms with van der Waals surface area (Å²) in [5, 5.41) is 13.7. The lowest BCUT2D eigenvalue weighted by Gasteiger charge is -2.11. The molecule has 0 saturated carbocycles. The molecule has 118 valence electrons. The van der Waals surface area contributed by atoms with E-state index in [1.54, 1.807) is 26.8 Å². The van der Waals surface area contributed by atoms with Gasteiger partial charge in [0.25, 0.3) is 10.2 Å². The second-order valence-electron chi connectivity index (χ2n) is 4.68. The summed E-state index contributed by atoms with van der Waals surface area (Å²) in [7, 11) is -3.56. The minimum Gasteiger partial charge on any atom is -0.363 e. The van der Waals surface area contributed by atoms with Gasteiger partial charge in [0.05, 0.1) is 4.92 Å². The molecule has 0 aliphatic carbocycles. The molecular formula is C11H19N5O4S. The van der Waals surface area contributed by atoms with Crippen molar-refractivity contribution in [3.8, 4) is 0 Å². The summed E-state index contributed by atoms with van der Waals surface area (Å²) in [5.41, 5.74) is 0.375. The Balaban J connectivity index is 2.58. The average Bonchev–Trinajstić information content (AvgIpc) is 2.32. The fraction of sp³-hybridized carbons (Fsp3) is 0.545. The van der Waals surface area contributed by atoms with Gasteiger partial charge in [-0.15, -0.1) is 0 Å². The molecule has 0 aliphatic rings.